The van der Waals surface area contributed by atoms with Gasteiger partial charge in [0.05, 0.1) is 0 Å². The largest absolute Gasteiger partial charge is 0.384 e. The summed E-state index contributed by atoms with van der Waals surface area (Å²) in [7, 11) is 4.19. The van der Waals surface area contributed by atoms with E-state index in [9.17, 15) is 0 Å². The van der Waals surface area contributed by atoms with Gasteiger partial charge < -0.3 is 20.1 Å². The van der Waals surface area contributed by atoms with Crippen molar-refractivity contribution < 1.29 is 0 Å². The lowest BCUT2D eigenvalue weighted by atomic mass is 9.97. The maximum absolute atomic E-state index is 5.79. The van der Waals surface area contributed by atoms with Gasteiger partial charge in [-0.2, -0.15) is 4.98 Å². The number of nitrogens with zero attached hydrogens (tertiary/aromatic N) is 6. The number of likely N-dealkylation sites (N-methyl/N-ethyl adjacent to an activating group) is 1. The molecule has 124 valence electrons. The second-order valence-electron chi connectivity index (χ2n) is 6.35. The number of hydrogen-bond acceptors (Lipinski definition) is 6. The van der Waals surface area contributed by atoms with Crippen molar-refractivity contribution in [3.63, 3.8) is 0 Å². The van der Waals surface area contributed by atoms with E-state index in [1.807, 2.05) is 6.20 Å². The molecule has 0 spiro atoms. The zero-order valence-electron chi connectivity index (χ0n) is 13.9. The van der Waals surface area contributed by atoms with Crippen molar-refractivity contribution in [3.05, 3.63) is 30.5 Å². The first-order chi connectivity index (χ1) is 11.1. The van der Waals surface area contributed by atoms with E-state index in [1.165, 1.54) is 5.82 Å². The van der Waals surface area contributed by atoms with Crippen molar-refractivity contribution in [2.24, 2.45) is 0 Å². The van der Waals surface area contributed by atoms with Gasteiger partial charge in [0.25, 0.3) is 0 Å². The fourth-order valence-corrected chi connectivity index (χ4v) is 3.06. The van der Waals surface area contributed by atoms with Crippen LogP contribution < -0.4 is 10.6 Å². The number of nitrogen functional groups attached to an aromatic ring is 1. The summed E-state index contributed by atoms with van der Waals surface area (Å²) >= 11 is 0. The third-order valence-corrected chi connectivity index (χ3v) is 4.27. The Morgan fingerprint density at radius 2 is 2.17 bits per heavy atom. The molecule has 0 radical (unpaired) electrons. The van der Waals surface area contributed by atoms with Gasteiger partial charge in [-0.25, -0.2) is 9.97 Å². The second kappa shape index (κ2) is 6.95. The minimum atomic E-state index is 0.408. The Kier molecular flexibility index (Phi) is 4.76. The van der Waals surface area contributed by atoms with E-state index >= 15 is 0 Å². The Labute approximate surface area is 137 Å². The number of piperidine rings is 1. The molecular formula is C16H25N7. The van der Waals surface area contributed by atoms with Crippen LogP contribution in [0.25, 0.3) is 0 Å². The molecule has 1 aliphatic heterocycles. The van der Waals surface area contributed by atoms with Gasteiger partial charge in [-0.1, -0.05) is 0 Å². The van der Waals surface area contributed by atoms with Crippen molar-refractivity contribution in [1.82, 2.24) is 24.4 Å². The molecule has 2 aromatic heterocycles. The van der Waals surface area contributed by atoms with E-state index in [4.69, 9.17) is 5.73 Å². The highest BCUT2D eigenvalue weighted by Gasteiger charge is 2.26. The first-order valence-electron chi connectivity index (χ1n) is 8.12. The van der Waals surface area contributed by atoms with Crippen LogP contribution in [-0.2, 0) is 6.54 Å². The Morgan fingerprint density at radius 1 is 1.30 bits per heavy atom. The van der Waals surface area contributed by atoms with Crippen LogP contribution in [0.15, 0.2) is 24.7 Å². The molecule has 1 saturated heterocycles. The highest BCUT2D eigenvalue weighted by molar-refractivity contribution is 5.38. The third-order valence-electron chi connectivity index (χ3n) is 4.27. The van der Waals surface area contributed by atoms with Crippen LogP contribution in [0.2, 0.25) is 0 Å². The molecule has 3 rings (SSSR count). The number of anilines is 2. The summed E-state index contributed by atoms with van der Waals surface area (Å²) in [6.45, 7) is 3.84. The molecular weight excluding hydrogens is 290 g/mol. The number of nitrogens with two attached hydrogens (primary N) is 1. The van der Waals surface area contributed by atoms with E-state index in [-0.39, 0.29) is 0 Å². The number of hydrogen-bond donors (Lipinski definition) is 1. The minimum Gasteiger partial charge on any atom is -0.384 e. The second-order valence-corrected chi connectivity index (χ2v) is 6.35. The average molecular weight is 315 g/mol. The lowest BCUT2D eigenvalue weighted by molar-refractivity contribution is 0.373. The quantitative estimate of drug-likeness (QED) is 0.893. The molecule has 1 atom stereocenters. The van der Waals surface area contributed by atoms with Crippen LogP contribution in [0.5, 0.6) is 0 Å². The Hall–Kier alpha value is -2.15. The van der Waals surface area contributed by atoms with Crippen LogP contribution in [0.3, 0.4) is 0 Å². The zero-order valence-corrected chi connectivity index (χ0v) is 13.9. The van der Waals surface area contributed by atoms with Crippen LogP contribution in [0.1, 0.15) is 24.6 Å². The van der Waals surface area contributed by atoms with E-state index < -0.39 is 0 Å². The molecule has 7 heteroatoms. The zero-order chi connectivity index (χ0) is 16.2. The van der Waals surface area contributed by atoms with E-state index in [0.29, 0.717) is 11.7 Å². The highest BCUT2D eigenvalue weighted by atomic mass is 15.3. The van der Waals surface area contributed by atoms with Crippen molar-refractivity contribution in [1.29, 1.82) is 0 Å². The van der Waals surface area contributed by atoms with Crippen molar-refractivity contribution in [2.45, 2.75) is 25.3 Å². The molecule has 0 bridgehead atoms. The SMILES string of the molecule is CN(C)CCn1ccnc1[C@H]1CCCN(c2nccc(N)n2)C1. The lowest BCUT2D eigenvalue weighted by Gasteiger charge is -2.32. The smallest absolute Gasteiger partial charge is 0.227 e. The monoisotopic (exact) mass is 315 g/mol. The summed E-state index contributed by atoms with van der Waals surface area (Å²) in [5.74, 6) is 2.82. The van der Waals surface area contributed by atoms with Crippen LogP contribution in [0, 0.1) is 0 Å². The summed E-state index contributed by atoms with van der Waals surface area (Å²) in [5, 5.41) is 0. The molecule has 0 aliphatic carbocycles. The highest BCUT2D eigenvalue weighted by Crippen LogP contribution is 2.27. The standard InChI is InChI=1S/C16H25N7/c1-21(2)10-11-22-9-7-18-15(22)13-4-3-8-23(12-13)16-19-6-5-14(17)20-16/h5-7,9,13H,3-4,8,10-12H2,1-2H3,(H2,17,19,20)/t13-/m0/s1. The Morgan fingerprint density at radius 3 is 2.96 bits per heavy atom. The molecule has 0 aromatic carbocycles. The van der Waals surface area contributed by atoms with E-state index in [1.54, 1.807) is 12.3 Å². The normalized spacial score (nSPS) is 18.6. The molecule has 2 aromatic rings. The molecule has 7 nitrogen and oxygen atoms in total. The molecule has 0 amide bonds. The molecule has 1 fully saturated rings. The number of imidazole rings is 1. The van der Waals surface area contributed by atoms with E-state index in [2.05, 4.69) is 49.6 Å². The third kappa shape index (κ3) is 3.79. The fourth-order valence-electron chi connectivity index (χ4n) is 3.06. The van der Waals surface area contributed by atoms with Crippen molar-refractivity contribution in [2.75, 3.05) is 44.4 Å². The summed E-state index contributed by atoms with van der Waals surface area (Å²) in [6.07, 6.45) is 7.97. The van der Waals surface area contributed by atoms with Crippen molar-refractivity contribution in [3.8, 4) is 0 Å². The van der Waals surface area contributed by atoms with Crippen LogP contribution in [0.4, 0.5) is 11.8 Å². The molecule has 2 N–H and O–H groups in total. The Balaban J connectivity index is 1.73. The van der Waals surface area contributed by atoms with Gasteiger partial charge >= 0.3 is 0 Å². The van der Waals surface area contributed by atoms with Gasteiger partial charge in [0.1, 0.15) is 11.6 Å². The summed E-state index contributed by atoms with van der Waals surface area (Å²) < 4.78 is 2.27. The fraction of sp³-hybridized carbons (Fsp3) is 0.562. The van der Waals surface area contributed by atoms with Crippen molar-refractivity contribution >= 4 is 11.8 Å². The molecule has 0 unspecified atom stereocenters. The van der Waals surface area contributed by atoms with Gasteiger partial charge in [0, 0.05) is 50.7 Å². The summed E-state index contributed by atoms with van der Waals surface area (Å²) in [4.78, 5) is 17.7. The molecule has 1 aliphatic rings. The van der Waals surface area contributed by atoms with Gasteiger partial charge in [0.15, 0.2) is 0 Å². The maximum atomic E-state index is 5.79. The molecule has 0 saturated carbocycles. The lowest BCUT2D eigenvalue weighted by Crippen LogP contribution is -2.36. The van der Waals surface area contributed by atoms with Gasteiger partial charge in [0.2, 0.25) is 5.95 Å². The first-order valence-corrected chi connectivity index (χ1v) is 8.12. The van der Waals surface area contributed by atoms with E-state index in [0.717, 1.165) is 45.0 Å². The summed E-state index contributed by atoms with van der Waals surface area (Å²) in [6, 6.07) is 1.72. The Bertz CT molecular complexity index is 637. The predicted molar refractivity (Wildman–Crippen MR) is 91.4 cm³/mol. The first kappa shape index (κ1) is 15.7. The maximum Gasteiger partial charge on any atom is 0.227 e. The summed E-state index contributed by atoms with van der Waals surface area (Å²) in [5.41, 5.74) is 5.79. The molecule has 3 heterocycles. The van der Waals surface area contributed by atoms with Gasteiger partial charge in [-0.3, -0.25) is 0 Å². The van der Waals surface area contributed by atoms with Crippen LogP contribution >= 0.6 is 0 Å². The number of aromatic nitrogens is 4. The average Bonchev–Trinajstić information content (AvgIpc) is 3.01. The van der Waals surface area contributed by atoms with Crippen LogP contribution in [-0.4, -0.2) is 58.1 Å². The van der Waals surface area contributed by atoms with Gasteiger partial charge in [-0.05, 0) is 33.0 Å². The molecule has 23 heavy (non-hydrogen) atoms. The van der Waals surface area contributed by atoms with Gasteiger partial charge in [-0.15, -0.1) is 0 Å². The topological polar surface area (TPSA) is 76.1 Å². The number of rotatable bonds is 5. The predicted octanol–water partition coefficient (Wildman–Crippen LogP) is 1.20. The minimum absolute atomic E-state index is 0.408.